The van der Waals surface area contributed by atoms with Gasteiger partial charge in [0.15, 0.2) is 9.34 Å². The number of nitrogen functional groups attached to an aromatic ring is 1. The van der Waals surface area contributed by atoms with Crippen LogP contribution >= 0.6 is 11.3 Å². The number of nitrogens with two attached hydrogens (primary N) is 1. The van der Waals surface area contributed by atoms with Crippen LogP contribution in [0.15, 0.2) is 4.21 Å². The lowest BCUT2D eigenvalue weighted by atomic mass is 10.0. The number of aryl methyl sites for hydroxylation is 1. The van der Waals surface area contributed by atoms with Gasteiger partial charge in [-0.3, -0.25) is 0 Å². The normalized spacial score (nSPS) is 28.7. The van der Waals surface area contributed by atoms with E-state index in [1.54, 1.807) is 11.2 Å². The van der Waals surface area contributed by atoms with Crippen LogP contribution < -0.4 is 5.73 Å². The Kier molecular flexibility index (Phi) is 2.87. The van der Waals surface area contributed by atoms with Crippen molar-refractivity contribution in [3.8, 4) is 0 Å². The van der Waals surface area contributed by atoms with Gasteiger partial charge >= 0.3 is 0 Å². The third-order valence-corrected chi connectivity index (χ3v) is 7.44. The smallest absolute Gasteiger partial charge is 0.254 e. The molecule has 1 aromatic heterocycles. The third-order valence-electron chi connectivity index (χ3n) is 4.04. The van der Waals surface area contributed by atoms with Crippen LogP contribution in [0.3, 0.4) is 0 Å². The predicted molar refractivity (Wildman–Crippen MR) is 70.9 cm³/mol. The van der Waals surface area contributed by atoms with Crippen LogP contribution in [0.25, 0.3) is 0 Å². The van der Waals surface area contributed by atoms with Crippen LogP contribution in [0, 0.1) is 18.8 Å². The molecule has 3 rings (SSSR count). The molecule has 1 saturated carbocycles. The van der Waals surface area contributed by atoms with Gasteiger partial charge in [0.25, 0.3) is 10.0 Å². The molecule has 1 saturated heterocycles. The van der Waals surface area contributed by atoms with Crippen LogP contribution in [0.1, 0.15) is 25.0 Å². The van der Waals surface area contributed by atoms with Crippen molar-refractivity contribution in [1.29, 1.82) is 0 Å². The van der Waals surface area contributed by atoms with E-state index >= 15 is 0 Å². The summed E-state index contributed by atoms with van der Waals surface area (Å²) in [7, 11) is -3.38. The molecule has 7 heteroatoms. The average Bonchev–Trinajstić information content (AvgIpc) is 2.90. The maximum absolute atomic E-state index is 12.5. The van der Waals surface area contributed by atoms with Gasteiger partial charge in [0.1, 0.15) is 0 Å². The van der Waals surface area contributed by atoms with Gasteiger partial charge in [0, 0.05) is 13.1 Å². The molecule has 0 aromatic carbocycles. The van der Waals surface area contributed by atoms with Gasteiger partial charge in [-0.2, -0.15) is 4.31 Å². The van der Waals surface area contributed by atoms with E-state index in [0.717, 1.165) is 11.3 Å². The number of hydrogen-bond acceptors (Lipinski definition) is 5. The summed E-state index contributed by atoms with van der Waals surface area (Å²) in [6, 6.07) is 0. The van der Waals surface area contributed by atoms with Crippen molar-refractivity contribution in [2.24, 2.45) is 11.8 Å². The first-order valence-corrected chi connectivity index (χ1v) is 8.47. The molecule has 1 aromatic rings. The molecule has 0 bridgehead atoms. The van der Waals surface area contributed by atoms with Gasteiger partial charge in [-0.05, 0) is 31.6 Å². The van der Waals surface area contributed by atoms with Crippen molar-refractivity contribution >= 4 is 26.5 Å². The Bertz CT molecular complexity index is 555. The summed E-state index contributed by atoms with van der Waals surface area (Å²) < 4.78 is 27.0. The lowest BCUT2D eigenvalue weighted by Gasteiger charge is -2.16. The van der Waals surface area contributed by atoms with Gasteiger partial charge < -0.3 is 5.73 Å². The first kappa shape index (κ1) is 12.4. The highest BCUT2D eigenvalue weighted by molar-refractivity contribution is 7.91. The van der Waals surface area contributed by atoms with E-state index in [9.17, 15) is 8.42 Å². The van der Waals surface area contributed by atoms with E-state index in [-0.39, 0.29) is 0 Å². The van der Waals surface area contributed by atoms with E-state index in [1.807, 2.05) is 0 Å². The summed E-state index contributed by atoms with van der Waals surface area (Å²) in [5.41, 5.74) is 6.11. The Labute approximate surface area is 111 Å². The second kappa shape index (κ2) is 4.18. The molecule has 5 nitrogen and oxygen atoms in total. The molecule has 2 atom stereocenters. The van der Waals surface area contributed by atoms with Crippen LogP contribution in [-0.2, 0) is 10.0 Å². The number of nitrogens with zero attached hydrogens (tertiary/aromatic N) is 2. The minimum absolute atomic E-state index is 0.319. The second-order valence-electron chi connectivity index (χ2n) is 5.20. The van der Waals surface area contributed by atoms with Crippen LogP contribution in [0.4, 0.5) is 5.13 Å². The van der Waals surface area contributed by atoms with Gasteiger partial charge in [-0.1, -0.05) is 17.8 Å². The SMILES string of the molecule is Cc1nc(N)sc1S(=O)(=O)N1CC2CCCC2C1. The fourth-order valence-corrected chi connectivity index (χ4v) is 6.14. The van der Waals surface area contributed by atoms with E-state index in [0.29, 0.717) is 40.0 Å². The fourth-order valence-electron chi connectivity index (χ4n) is 3.15. The fraction of sp³-hybridized carbons (Fsp3) is 0.727. The lowest BCUT2D eigenvalue weighted by molar-refractivity contribution is 0.446. The Hall–Kier alpha value is -0.660. The monoisotopic (exact) mass is 287 g/mol. The zero-order valence-corrected chi connectivity index (χ0v) is 11.9. The minimum Gasteiger partial charge on any atom is -0.375 e. The molecule has 2 aliphatic rings. The Morgan fingerprint density at radius 3 is 2.44 bits per heavy atom. The van der Waals surface area contributed by atoms with E-state index < -0.39 is 10.0 Å². The molecule has 0 spiro atoms. The second-order valence-corrected chi connectivity index (χ2v) is 8.36. The quantitative estimate of drug-likeness (QED) is 0.893. The maximum atomic E-state index is 12.5. The highest BCUT2D eigenvalue weighted by Gasteiger charge is 2.42. The standard InChI is InChI=1S/C11H17N3O2S2/c1-7-10(17-11(12)13-7)18(15,16)14-5-8-3-2-4-9(8)6-14/h8-9H,2-6H2,1H3,(H2,12,13). The molecule has 0 amide bonds. The Morgan fingerprint density at radius 2 is 1.94 bits per heavy atom. The molecule has 2 unspecified atom stereocenters. The number of aromatic nitrogens is 1. The van der Waals surface area contributed by atoms with E-state index in [1.165, 1.54) is 19.3 Å². The molecule has 100 valence electrons. The Balaban J connectivity index is 1.90. The van der Waals surface area contributed by atoms with Crippen LogP contribution in [0.5, 0.6) is 0 Å². The number of anilines is 1. The summed E-state index contributed by atoms with van der Waals surface area (Å²) in [6.45, 7) is 3.05. The number of sulfonamides is 1. The first-order chi connectivity index (χ1) is 8.48. The zero-order valence-electron chi connectivity index (χ0n) is 10.3. The topological polar surface area (TPSA) is 76.3 Å². The van der Waals surface area contributed by atoms with Gasteiger partial charge in [-0.15, -0.1) is 0 Å². The molecule has 2 heterocycles. The van der Waals surface area contributed by atoms with Gasteiger partial charge in [0.05, 0.1) is 5.69 Å². The predicted octanol–water partition coefficient (Wildman–Crippen LogP) is 1.45. The van der Waals surface area contributed by atoms with Crippen LogP contribution in [-0.4, -0.2) is 30.8 Å². The molecular formula is C11H17N3O2S2. The molecule has 1 aliphatic heterocycles. The van der Waals surface area contributed by atoms with Gasteiger partial charge in [-0.25, -0.2) is 13.4 Å². The maximum Gasteiger partial charge on any atom is 0.254 e. The van der Waals surface area contributed by atoms with Crippen molar-refractivity contribution in [3.05, 3.63) is 5.69 Å². The molecule has 2 N–H and O–H groups in total. The van der Waals surface area contributed by atoms with Crippen molar-refractivity contribution in [3.63, 3.8) is 0 Å². The van der Waals surface area contributed by atoms with E-state index in [2.05, 4.69) is 4.98 Å². The molecular weight excluding hydrogens is 270 g/mol. The highest BCUT2D eigenvalue weighted by Crippen LogP contribution is 2.40. The third kappa shape index (κ3) is 1.85. The average molecular weight is 287 g/mol. The van der Waals surface area contributed by atoms with Gasteiger partial charge in [0.2, 0.25) is 0 Å². The summed E-state index contributed by atoms with van der Waals surface area (Å²) in [4.78, 5) is 4.01. The van der Waals surface area contributed by atoms with Crippen molar-refractivity contribution in [1.82, 2.24) is 9.29 Å². The number of thiazole rings is 1. The summed E-state index contributed by atoms with van der Waals surface area (Å²) in [6.07, 6.45) is 3.58. The highest BCUT2D eigenvalue weighted by atomic mass is 32.2. The van der Waals surface area contributed by atoms with Crippen molar-refractivity contribution in [2.45, 2.75) is 30.4 Å². The number of hydrogen-bond donors (Lipinski definition) is 1. The summed E-state index contributed by atoms with van der Waals surface area (Å²) >= 11 is 1.07. The minimum atomic E-state index is -3.38. The summed E-state index contributed by atoms with van der Waals surface area (Å²) in [5.74, 6) is 1.12. The number of fused-ring (bicyclic) bond motifs is 1. The van der Waals surface area contributed by atoms with Crippen molar-refractivity contribution in [2.75, 3.05) is 18.8 Å². The molecule has 0 radical (unpaired) electrons. The molecule has 18 heavy (non-hydrogen) atoms. The molecule has 1 aliphatic carbocycles. The van der Waals surface area contributed by atoms with Crippen LogP contribution in [0.2, 0.25) is 0 Å². The largest absolute Gasteiger partial charge is 0.375 e. The van der Waals surface area contributed by atoms with E-state index in [4.69, 9.17) is 5.73 Å². The summed E-state index contributed by atoms with van der Waals surface area (Å²) in [5, 5.41) is 0.325. The molecule has 2 fully saturated rings. The zero-order chi connectivity index (χ0) is 12.9. The number of rotatable bonds is 2. The lowest BCUT2D eigenvalue weighted by Crippen LogP contribution is -2.29. The van der Waals surface area contributed by atoms with Crippen molar-refractivity contribution < 1.29 is 8.42 Å². The first-order valence-electron chi connectivity index (χ1n) is 6.21. The Morgan fingerprint density at radius 1 is 1.33 bits per heavy atom.